The molecule has 0 bridgehead atoms. The van der Waals surface area contributed by atoms with Crippen molar-refractivity contribution in [1.82, 2.24) is 9.97 Å². The molecular weight excluding hydrogens is 336 g/mol. The Kier molecular flexibility index (Phi) is 3.54. The van der Waals surface area contributed by atoms with Crippen molar-refractivity contribution in [2.75, 3.05) is 0 Å². The predicted octanol–water partition coefficient (Wildman–Crippen LogP) is 4.24. The van der Waals surface area contributed by atoms with Crippen LogP contribution in [0.5, 0.6) is 0 Å². The van der Waals surface area contributed by atoms with Gasteiger partial charge >= 0.3 is 0 Å². The molecule has 0 unspecified atom stereocenters. The average Bonchev–Trinajstić information content (AvgIpc) is 2.89. The predicted molar refractivity (Wildman–Crippen MR) is 86.0 cm³/mol. The van der Waals surface area contributed by atoms with Crippen molar-refractivity contribution >= 4 is 27.3 Å². The van der Waals surface area contributed by atoms with E-state index < -0.39 is 0 Å². The highest BCUT2D eigenvalue weighted by molar-refractivity contribution is 9.10. The van der Waals surface area contributed by atoms with Crippen molar-refractivity contribution in [3.63, 3.8) is 0 Å². The number of aromatic amines is 1. The van der Waals surface area contributed by atoms with E-state index in [2.05, 4.69) is 25.9 Å². The van der Waals surface area contributed by atoms with Crippen LogP contribution in [0.1, 0.15) is 5.56 Å². The molecule has 20 heavy (non-hydrogen) atoms. The van der Waals surface area contributed by atoms with E-state index in [4.69, 9.17) is 0 Å². The first-order valence-electron chi connectivity index (χ1n) is 6.06. The van der Waals surface area contributed by atoms with E-state index in [9.17, 15) is 4.79 Å². The van der Waals surface area contributed by atoms with Crippen molar-refractivity contribution < 1.29 is 0 Å². The van der Waals surface area contributed by atoms with Crippen LogP contribution in [0.4, 0.5) is 0 Å². The molecule has 1 N–H and O–H groups in total. The van der Waals surface area contributed by atoms with Crippen molar-refractivity contribution in [3.8, 4) is 22.0 Å². The summed E-state index contributed by atoms with van der Waals surface area (Å²) in [5.41, 5.74) is 2.53. The number of thiophene rings is 1. The van der Waals surface area contributed by atoms with Crippen molar-refractivity contribution in [2.45, 2.75) is 6.92 Å². The van der Waals surface area contributed by atoms with Gasteiger partial charge in [-0.3, -0.25) is 4.79 Å². The summed E-state index contributed by atoms with van der Waals surface area (Å²) in [4.78, 5) is 20.5. The van der Waals surface area contributed by atoms with Gasteiger partial charge in [0.15, 0.2) is 5.82 Å². The number of halogens is 1. The summed E-state index contributed by atoms with van der Waals surface area (Å²) in [5, 5.41) is 1.99. The van der Waals surface area contributed by atoms with Gasteiger partial charge in [-0.2, -0.15) is 0 Å². The molecule has 0 radical (unpaired) electrons. The van der Waals surface area contributed by atoms with Crippen LogP contribution in [0.2, 0.25) is 0 Å². The molecule has 0 aliphatic carbocycles. The van der Waals surface area contributed by atoms with Crippen LogP contribution >= 0.6 is 27.3 Å². The lowest BCUT2D eigenvalue weighted by Crippen LogP contribution is -2.11. The van der Waals surface area contributed by atoms with Gasteiger partial charge in [-0.05, 0) is 39.9 Å². The second-order valence-electron chi connectivity index (χ2n) is 4.38. The van der Waals surface area contributed by atoms with Gasteiger partial charge in [0.05, 0.1) is 10.6 Å². The highest BCUT2D eigenvalue weighted by Gasteiger charge is 2.13. The lowest BCUT2D eigenvalue weighted by molar-refractivity contribution is 1.12. The first-order valence-corrected chi connectivity index (χ1v) is 7.74. The quantitative estimate of drug-likeness (QED) is 0.754. The Labute approximate surface area is 128 Å². The highest BCUT2D eigenvalue weighted by Crippen LogP contribution is 2.29. The maximum absolute atomic E-state index is 12.1. The van der Waals surface area contributed by atoms with Gasteiger partial charge in [-0.15, -0.1) is 11.3 Å². The number of H-pyrrole nitrogens is 1. The molecule has 0 aliphatic heterocycles. The molecule has 2 heterocycles. The van der Waals surface area contributed by atoms with Gasteiger partial charge in [0.1, 0.15) is 4.47 Å². The molecule has 100 valence electrons. The number of nitrogens with one attached hydrogen (secondary N) is 1. The summed E-state index contributed by atoms with van der Waals surface area (Å²) >= 11 is 4.90. The molecular formula is C15H11BrN2OS. The largest absolute Gasteiger partial charge is 0.305 e. The summed E-state index contributed by atoms with van der Waals surface area (Å²) in [6.07, 6.45) is 0. The smallest absolute Gasteiger partial charge is 0.266 e. The van der Waals surface area contributed by atoms with E-state index in [1.807, 2.05) is 48.7 Å². The number of rotatable bonds is 2. The number of benzene rings is 1. The first kappa shape index (κ1) is 13.3. The number of nitrogens with zero attached hydrogens (tertiary/aromatic N) is 1. The fourth-order valence-corrected chi connectivity index (χ4v) is 3.26. The molecule has 3 aromatic rings. The third-order valence-electron chi connectivity index (χ3n) is 2.99. The summed E-state index contributed by atoms with van der Waals surface area (Å²) in [7, 11) is 0. The molecule has 3 rings (SSSR count). The van der Waals surface area contributed by atoms with Crippen molar-refractivity contribution in [3.05, 3.63) is 62.2 Å². The zero-order valence-corrected chi connectivity index (χ0v) is 13.1. The molecule has 5 heteroatoms. The third kappa shape index (κ3) is 2.34. The fraction of sp³-hybridized carbons (Fsp3) is 0.0667. The SMILES string of the molecule is Cc1ccsc1-c1nc(-c2ccccc2)c(Br)c(=O)[nH]1. The molecule has 0 atom stereocenters. The number of hydrogen-bond acceptors (Lipinski definition) is 3. The Balaban J connectivity index is 2.24. The third-order valence-corrected chi connectivity index (χ3v) is 4.75. The highest BCUT2D eigenvalue weighted by atomic mass is 79.9. The minimum absolute atomic E-state index is 0.165. The molecule has 1 aromatic carbocycles. The van der Waals surface area contributed by atoms with Crippen molar-refractivity contribution in [1.29, 1.82) is 0 Å². The Morgan fingerprint density at radius 1 is 1.20 bits per heavy atom. The van der Waals surface area contributed by atoms with Gasteiger partial charge in [-0.25, -0.2) is 4.98 Å². The number of aryl methyl sites for hydroxylation is 1. The molecule has 0 spiro atoms. The lowest BCUT2D eigenvalue weighted by atomic mass is 10.1. The van der Waals surface area contributed by atoms with E-state index in [0.717, 1.165) is 16.0 Å². The number of aromatic nitrogens is 2. The summed E-state index contributed by atoms with van der Waals surface area (Å²) < 4.78 is 0.460. The zero-order chi connectivity index (χ0) is 14.1. The topological polar surface area (TPSA) is 45.8 Å². The van der Waals surface area contributed by atoms with E-state index in [-0.39, 0.29) is 5.56 Å². The van der Waals surface area contributed by atoms with Crippen LogP contribution < -0.4 is 5.56 Å². The monoisotopic (exact) mass is 346 g/mol. The molecule has 0 saturated heterocycles. The first-order chi connectivity index (χ1) is 9.66. The Hall–Kier alpha value is -1.72. The maximum atomic E-state index is 12.1. The minimum atomic E-state index is -0.165. The second kappa shape index (κ2) is 5.34. The van der Waals surface area contributed by atoms with E-state index in [1.165, 1.54) is 0 Å². The normalized spacial score (nSPS) is 10.7. The Morgan fingerprint density at radius 3 is 2.60 bits per heavy atom. The minimum Gasteiger partial charge on any atom is -0.305 e. The van der Waals surface area contributed by atoms with Gasteiger partial charge < -0.3 is 4.98 Å². The van der Waals surface area contributed by atoms with E-state index >= 15 is 0 Å². The Morgan fingerprint density at radius 2 is 1.95 bits per heavy atom. The summed E-state index contributed by atoms with van der Waals surface area (Å²) in [6.45, 7) is 2.01. The number of hydrogen-bond donors (Lipinski definition) is 1. The van der Waals surface area contributed by atoms with Crippen LogP contribution in [0.15, 0.2) is 51.0 Å². The van der Waals surface area contributed by atoms with Crippen LogP contribution in [-0.4, -0.2) is 9.97 Å². The fourth-order valence-electron chi connectivity index (χ4n) is 1.97. The van der Waals surface area contributed by atoms with Gasteiger partial charge in [-0.1, -0.05) is 30.3 Å². The van der Waals surface area contributed by atoms with Gasteiger partial charge in [0, 0.05) is 5.56 Å². The molecule has 0 fully saturated rings. The molecule has 2 aromatic heterocycles. The second-order valence-corrected chi connectivity index (χ2v) is 6.09. The molecule has 3 nitrogen and oxygen atoms in total. The van der Waals surface area contributed by atoms with Gasteiger partial charge in [0.2, 0.25) is 0 Å². The van der Waals surface area contributed by atoms with Crippen LogP contribution in [-0.2, 0) is 0 Å². The Bertz CT molecular complexity index is 808. The maximum Gasteiger partial charge on any atom is 0.266 e. The van der Waals surface area contributed by atoms with E-state index in [1.54, 1.807) is 11.3 Å². The van der Waals surface area contributed by atoms with E-state index in [0.29, 0.717) is 16.0 Å². The lowest BCUT2D eigenvalue weighted by Gasteiger charge is -2.06. The average molecular weight is 347 g/mol. The van der Waals surface area contributed by atoms with Gasteiger partial charge in [0.25, 0.3) is 5.56 Å². The standard InChI is InChI=1S/C15H11BrN2OS/c1-9-7-8-20-13(9)14-17-12(11(16)15(19)18-14)10-5-3-2-4-6-10/h2-8H,1H3,(H,17,18,19). The molecule has 0 saturated carbocycles. The summed E-state index contributed by atoms with van der Waals surface area (Å²) in [6, 6.07) is 11.7. The summed E-state index contributed by atoms with van der Waals surface area (Å²) in [5.74, 6) is 0.615. The van der Waals surface area contributed by atoms with Crippen LogP contribution in [0.3, 0.4) is 0 Å². The molecule has 0 amide bonds. The van der Waals surface area contributed by atoms with Crippen molar-refractivity contribution in [2.24, 2.45) is 0 Å². The van der Waals surface area contributed by atoms with Crippen LogP contribution in [0, 0.1) is 6.92 Å². The van der Waals surface area contributed by atoms with Crippen LogP contribution in [0.25, 0.3) is 22.0 Å². The molecule has 0 aliphatic rings. The zero-order valence-electron chi connectivity index (χ0n) is 10.7.